The van der Waals surface area contributed by atoms with E-state index in [1.54, 1.807) is 16.7 Å². The number of carbonyl (C=O) groups excluding carboxylic acids is 2. The summed E-state index contributed by atoms with van der Waals surface area (Å²) in [6.45, 7) is 5.17. The van der Waals surface area contributed by atoms with Crippen LogP contribution in [0.15, 0.2) is 83.3 Å². The van der Waals surface area contributed by atoms with E-state index in [0.29, 0.717) is 25.3 Å². The highest BCUT2D eigenvalue weighted by Crippen LogP contribution is 2.20. The van der Waals surface area contributed by atoms with Gasteiger partial charge in [-0.2, -0.15) is 0 Å². The van der Waals surface area contributed by atoms with Crippen molar-refractivity contribution in [1.82, 2.24) is 10.2 Å². The van der Waals surface area contributed by atoms with Gasteiger partial charge in [0.05, 0.1) is 5.75 Å². The van der Waals surface area contributed by atoms with E-state index in [2.05, 4.69) is 59.4 Å². The van der Waals surface area contributed by atoms with E-state index in [4.69, 9.17) is 0 Å². The molecule has 36 heavy (non-hydrogen) atoms. The molecule has 0 radical (unpaired) electrons. The molecule has 190 valence electrons. The second kappa shape index (κ2) is 14.9. The molecule has 0 aliphatic carbocycles. The SMILES string of the molecule is CCCCNC(=O)C(Cc1ccccc1)N(Cc1ccc(Br)cc1)C(=O)CSCc1ccc(C)cc1. The van der Waals surface area contributed by atoms with E-state index in [9.17, 15) is 9.59 Å². The second-order valence-corrected chi connectivity index (χ2v) is 10.9. The predicted octanol–water partition coefficient (Wildman–Crippen LogP) is 6.55. The predicted molar refractivity (Wildman–Crippen MR) is 154 cm³/mol. The zero-order valence-electron chi connectivity index (χ0n) is 21.1. The lowest BCUT2D eigenvalue weighted by atomic mass is 10.0. The zero-order chi connectivity index (χ0) is 25.8. The van der Waals surface area contributed by atoms with Gasteiger partial charge in [-0.3, -0.25) is 9.59 Å². The summed E-state index contributed by atoms with van der Waals surface area (Å²) in [5.41, 5.74) is 4.44. The van der Waals surface area contributed by atoms with Crippen LogP contribution in [0.1, 0.15) is 42.0 Å². The molecule has 4 nitrogen and oxygen atoms in total. The number of rotatable bonds is 13. The molecule has 0 fully saturated rings. The highest BCUT2D eigenvalue weighted by molar-refractivity contribution is 9.10. The minimum atomic E-state index is -0.583. The van der Waals surface area contributed by atoms with Gasteiger partial charge in [0.25, 0.3) is 0 Å². The molecule has 0 spiro atoms. The van der Waals surface area contributed by atoms with E-state index < -0.39 is 6.04 Å². The lowest BCUT2D eigenvalue weighted by molar-refractivity contribution is -0.139. The standard InChI is InChI=1S/C30H35BrN2O2S/c1-3-4-18-32-30(35)28(19-24-8-6-5-7-9-24)33(20-25-14-16-27(31)17-15-25)29(34)22-36-21-26-12-10-23(2)11-13-26/h5-17,28H,3-4,18-22H2,1-2H3,(H,32,35). The summed E-state index contributed by atoms with van der Waals surface area (Å²) in [6.07, 6.45) is 2.39. The van der Waals surface area contributed by atoms with Crippen LogP contribution in [-0.2, 0) is 28.3 Å². The Morgan fingerprint density at radius 1 is 0.917 bits per heavy atom. The summed E-state index contributed by atoms with van der Waals surface area (Å²) < 4.78 is 0.982. The van der Waals surface area contributed by atoms with Gasteiger partial charge in [-0.05, 0) is 42.2 Å². The molecule has 3 rings (SSSR count). The summed E-state index contributed by atoms with van der Waals surface area (Å²) in [6, 6.07) is 25.7. The molecular weight excluding hydrogens is 532 g/mol. The lowest BCUT2D eigenvalue weighted by Crippen LogP contribution is -2.51. The number of nitrogens with one attached hydrogen (secondary N) is 1. The first-order chi connectivity index (χ1) is 17.5. The fourth-order valence-corrected chi connectivity index (χ4v) is 5.01. The highest BCUT2D eigenvalue weighted by Gasteiger charge is 2.30. The van der Waals surface area contributed by atoms with E-state index in [1.807, 2.05) is 54.6 Å². The lowest BCUT2D eigenvalue weighted by Gasteiger charge is -2.31. The van der Waals surface area contributed by atoms with Gasteiger partial charge in [-0.1, -0.05) is 102 Å². The maximum absolute atomic E-state index is 13.6. The Balaban J connectivity index is 1.81. The molecule has 0 saturated carbocycles. The number of hydrogen-bond acceptors (Lipinski definition) is 3. The van der Waals surface area contributed by atoms with Crippen molar-refractivity contribution in [2.75, 3.05) is 12.3 Å². The molecule has 0 saturated heterocycles. The third kappa shape index (κ3) is 9.14. The Labute approximate surface area is 228 Å². The smallest absolute Gasteiger partial charge is 0.243 e. The van der Waals surface area contributed by atoms with Crippen LogP contribution in [0, 0.1) is 6.92 Å². The van der Waals surface area contributed by atoms with Gasteiger partial charge in [-0.25, -0.2) is 0 Å². The maximum Gasteiger partial charge on any atom is 0.243 e. The molecule has 6 heteroatoms. The van der Waals surface area contributed by atoms with Crippen molar-refractivity contribution in [3.8, 4) is 0 Å². The van der Waals surface area contributed by atoms with Crippen LogP contribution in [-0.4, -0.2) is 35.1 Å². The first kappa shape index (κ1) is 28.0. The van der Waals surface area contributed by atoms with Gasteiger partial charge in [-0.15, -0.1) is 11.8 Å². The highest BCUT2D eigenvalue weighted by atomic mass is 79.9. The number of unbranched alkanes of at least 4 members (excludes halogenated alkanes) is 1. The second-order valence-electron chi connectivity index (χ2n) is 8.98. The van der Waals surface area contributed by atoms with Crippen molar-refractivity contribution in [3.63, 3.8) is 0 Å². The molecule has 0 heterocycles. The van der Waals surface area contributed by atoms with Crippen LogP contribution in [0.25, 0.3) is 0 Å². The third-order valence-corrected chi connectivity index (χ3v) is 7.50. The van der Waals surface area contributed by atoms with Gasteiger partial charge in [0.2, 0.25) is 11.8 Å². The minimum Gasteiger partial charge on any atom is -0.354 e. The molecule has 0 aliphatic rings. The normalized spacial score (nSPS) is 11.6. The Morgan fingerprint density at radius 2 is 1.58 bits per heavy atom. The molecule has 2 amide bonds. The average molecular weight is 568 g/mol. The van der Waals surface area contributed by atoms with Crippen molar-refractivity contribution in [2.24, 2.45) is 0 Å². The summed E-state index contributed by atoms with van der Waals surface area (Å²) in [5, 5.41) is 3.07. The topological polar surface area (TPSA) is 49.4 Å². The van der Waals surface area contributed by atoms with Crippen molar-refractivity contribution < 1.29 is 9.59 Å². The number of carbonyl (C=O) groups is 2. The van der Waals surface area contributed by atoms with E-state index in [0.717, 1.165) is 34.2 Å². The molecule has 3 aromatic carbocycles. The summed E-state index contributed by atoms with van der Waals surface area (Å²) in [4.78, 5) is 28.8. The molecule has 1 N–H and O–H groups in total. The van der Waals surface area contributed by atoms with Crippen molar-refractivity contribution in [1.29, 1.82) is 0 Å². The maximum atomic E-state index is 13.6. The van der Waals surface area contributed by atoms with Gasteiger partial charge in [0, 0.05) is 29.7 Å². The molecule has 0 aromatic heterocycles. The van der Waals surface area contributed by atoms with Gasteiger partial charge >= 0.3 is 0 Å². The minimum absolute atomic E-state index is 0.0263. The number of hydrogen-bond donors (Lipinski definition) is 1. The zero-order valence-corrected chi connectivity index (χ0v) is 23.5. The number of benzene rings is 3. The molecule has 1 atom stereocenters. The molecule has 3 aromatic rings. The largest absolute Gasteiger partial charge is 0.354 e. The Bertz CT molecular complexity index is 1090. The van der Waals surface area contributed by atoms with Crippen LogP contribution in [0.2, 0.25) is 0 Å². The fourth-order valence-electron chi connectivity index (χ4n) is 3.87. The van der Waals surface area contributed by atoms with E-state index in [1.165, 1.54) is 11.1 Å². The van der Waals surface area contributed by atoms with Crippen molar-refractivity contribution >= 4 is 39.5 Å². The van der Waals surface area contributed by atoms with Gasteiger partial charge in [0.1, 0.15) is 6.04 Å². The fraction of sp³-hybridized carbons (Fsp3) is 0.333. The number of halogens is 1. The number of amides is 2. The molecular formula is C30H35BrN2O2S. The van der Waals surface area contributed by atoms with Crippen molar-refractivity contribution in [3.05, 3.63) is 106 Å². The molecule has 0 bridgehead atoms. The van der Waals surface area contributed by atoms with Crippen LogP contribution in [0.4, 0.5) is 0 Å². The Morgan fingerprint density at radius 3 is 2.25 bits per heavy atom. The van der Waals surface area contributed by atoms with E-state index >= 15 is 0 Å². The van der Waals surface area contributed by atoms with Crippen LogP contribution >= 0.6 is 27.7 Å². The van der Waals surface area contributed by atoms with Crippen LogP contribution in [0.3, 0.4) is 0 Å². The first-order valence-corrected chi connectivity index (χ1v) is 14.4. The van der Waals surface area contributed by atoms with Crippen LogP contribution in [0.5, 0.6) is 0 Å². The monoisotopic (exact) mass is 566 g/mol. The number of thioether (sulfide) groups is 1. The summed E-state index contributed by atoms with van der Waals surface area (Å²) in [5.74, 6) is 0.949. The number of aryl methyl sites for hydroxylation is 1. The number of nitrogens with zero attached hydrogens (tertiary/aromatic N) is 1. The Hall–Kier alpha value is -2.57. The van der Waals surface area contributed by atoms with E-state index in [-0.39, 0.29) is 11.8 Å². The Kier molecular flexibility index (Phi) is 11.6. The average Bonchev–Trinajstić information content (AvgIpc) is 2.89. The van der Waals surface area contributed by atoms with Crippen molar-refractivity contribution in [2.45, 2.75) is 51.4 Å². The van der Waals surface area contributed by atoms with Crippen LogP contribution < -0.4 is 5.32 Å². The first-order valence-electron chi connectivity index (χ1n) is 12.4. The van der Waals surface area contributed by atoms with Gasteiger partial charge < -0.3 is 10.2 Å². The molecule has 1 unspecified atom stereocenters. The third-order valence-electron chi connectivity index (χ3n) is 5.98. The summed E-state index contributed by atoms with van der Waals surface area (Å²) >= 11 is 5.07. The molecule has 0 aliphatic heterocycles. The van der Waals surface area contributed by atoms with Gasteiger partial charge in [0.15, 0.2) is 0 Å². The quantitative estimate of drug-likeness (QED) is 0.239. The summed E-state index contributed by atoms with van der Waals surface area (Å²) in [7, 11) is 0.